The lowest BCUT2D eigenvalue weighted by Gasteiger charge is -2.40. The molecule has 0 aliphatic carbocycles. The van der Waals surface area contributed by atoms with Gasteiger partial charge in [0.2, 0.25) is 5.91 Å². The molecule has 1 fully saturated rings. The number of carbonyl (C=O) groups is 1. The molecule has 1 aliphatic rings. The van der Waals surface area contributed by atoms with Crippen molar-refractivity contribution in [1.82, 2.24) is 10.2 Å². The van der Waals surface area contributed by atoms with E-state index in [9.17, 15) is 9.90 Å². The number of likely N-dealkylation sites (tertiary alicyclic amines) is 1. The average molecular weight is 256 g/mol. The van der Waals surface area contributed by atoms with E-state index in [1.807, 2.05) is 18.7 Å². The fourth-order valence-electron chi connectivity index (χ4n) is 2.11. The van der Waals surface area contributed by atoms with Crippen molar-refractivity contribution >= 4 is 5.91 Å². The molecular weight excluding hydrogens is 228 g/mol. The zero-order chi connectivity index (χ0) is 14.0. The standard InChI is InChI=1S/C14H28N2O2/c1-11(2)12(17)16-8-6-14(18,7-9-16)10-15-13(3,4)5/h11,15,18H,6-10H2,1-5H3. The molecule has 1 rings (SSSR count). The van der Waals surface area contributed by atoms with Crippen LogP contribution in [0.2, 0.25) is 0 Å². The van der Waals surface area contributed by atoms with Gasteiger partial charge in [0.05, 0.1) is 5.60 Å². The number of aliphatic hydroxyl groups is 1. The maximum Gasteiger partial charge on any atom is 0.225 e. The minimum Gasteiger partial charge on any atom is -0.388 e. The summed E-state index contributed by atoms with van der Waals surface area (Å²) in [5, 5.41) is 13.8. The van der Waals surface area contributed by atoms with Gasteiger partial charge in [-0.3, -0.25) is 4.79 Å². The van der Waals surface area contributed by atoms with Crippen molar-refractivity contribution in [3.63, 3.8) is 0 Å². The molecule has 4 nitrogen and oxygen atoms in total. The zero-order valence-electron chi connectivity index (χ0n) is 12.4. The molecule has 4 heteroatoms. The zero-order valence-corrected chi connectivity index (χ0v) is 12.4. The number of hydrogen-bond donors (Lipinski definition) is 2. The number of rotatable bonds is 3. The van der Waals surface area contributed by atoms with E-state index in [1.54, 1.807) is 0 Å². The van der Waals surface area contributed by atoms with E-state index < -0.39 is 5.60 Å². The van der Waals surface area contributed by atoms with Crippen LogP contribution in [-0.4, -0.2) is 46.7 Å². The van der Waals surface area contributed by atoms with Crippen LogP contribution in [0.25, 0.3) is 0 Å². The van der Waals surface area contributed by atoms with Gasteiger partial charge in [-0.2, -0.15) is 0 Å². The van der Waals surface area contributed by atoms with E-state index in [0.29, 0.717) is 32.5 Å². The molecule has 1 saturated heterocycles. The summed E-state index contributed by atoms with van der Waals surface area (Å²) in [6, 6.07) is 0. The Hall–Kier alpha value is -0.610. The fraction of sp³-hybridized carbons (Fsp3) is 0.929. The number of nitrogens with one attached hydrogen (secondary N) is 1. The van der Waals surface area contributed by atoms with Crippen LogP contribution >= 0.6 is 0 Å². The van der Waals surface area contributed by atoms with Gasteiger partial charge >= 0.3 is 0 Å². The quantitative estimate of drug-likeness (QED) is 0.802. The van der Waals surface area contributed by atoms with Crippen molar-refractivity contribution in [1.29, 1.82) is 0 Å². The Morgan fingerprint density at radius 2 is 1.83 bits per heavy atom. The molecule has 1 amide bonds. The summed E-state index contributed by atoms with van der Waals surface area (Å²) in [5.74, 6) is 0.240. The molecule has 106 valence electrons. The van der Waals surface area contributed by atoms with Gasteiger partial charge in [-0.25, -0.2) is 0 Å². The summed E-state index contributed by atoms with van der Waals surface area (Å²) < 4.78 is 0. The van der Waals surface area contributed by atoms with Crippen molar-refractivity contribution in [2.45, 2.75) is 58.6 Å². The predicted octanol–water partition coefficient (Wildman–Crippen LogP) is 1.38. The fourth-order valence-corrected chi connectivity index (χ4v) is 2.11. The lowest BCUT2D eigenvalue weighted by Crippen LogP contribution is -2.54. The molecule has 0 unspecified atom stereocenters. The van der Waals surface area contributed by atoms with Crippen LogP contribution in [0, 0.1) is 5.92 Å². The van der Waals surface area contributed by atoms with Crippen LogP contribution in [0.15, 0.2) is 0 Å². The van der Waals surface area contributed by atoms with Crippen LogP contribution in [-0.2, 0) is 4.79 Å². The van der Waals surface area contributed by atoms with Gasteiger partial charge in [-0.15, -0.1) is 0 Å². The molecule has 1 heterocycles. The SMILES string of the molecule is CC(C)C(=O)N1CCC(O)(CNC(C)(C)C)CC1. The first-order valence-corrected chi connectivity index (χ1v) is 6.89. The minimum absolute atomic E-state index is 0.0145. The minimum atomic E-state index is -0.666. The van der Waals surface area contributed by atoms with Crippen LogP contribution in [0.1, 0.15) is 47.5 Å². The maximum atomic E-state index is 11.9. The third-order valence-corrected chi connectivity index (χ3v) is 3.45. The van der Waals surface area contributed by atoms with E-state index >= 15 is 0 Å². The summed E-state index contributed by atoms with van der Waals surface area (Å²) in [7, 11) is 0. The topological polar surface area (TPSA) is 52.6 Å². The molecule has 0 radical (unpaired) electrons. The third kappa shape index (κ3) is 4.58. The summed E-state index contributed by atoms with van der Waals surface area (Å²) in [4.78, 5) is 13.7. The number of amides is 1. The number of hydrogen-bond acceptors (Lipinski definition) is 3. The van der Waals surface area contributed by atoms with Gasteiger partial charge in [-0.05, 0) is 33.6 Å². The lowest BCUT2D eigenvalue weighted by molar-refractivity contribution is -0.138. The lowest BCUT2D eigenvalue weighted by atomic mass is 9.90. The summed E-state index contributed by atoms with van der Waals surface area (Å²) >= 11 is 0. The second kappa shape index (κ2) is 5.57. The van der Waals surface area contributed by atoms with Gasteiger partial charge < -0.3 is 15.3 Å². The Morgan fingerprint density at radius 3 is 2.22 bits per heavy atom. The Morgan fingerprint density at radius 1 is 1.33 bits per heavy atom. The van der Waals surface area contributed by atoms with E-state index in [0.717, 1.165) is 0 Å². The van der Waals surface area contributed by atoms with Crippen molar-refractivity contribution in [2.75, 3.05) is 19.6 Å². The normalized spacial score (nSPS) is 20.3. The predicted molar refractivity (Wildman–Crippen MR) is 73.4 cm³/mol. The summed E-state index contributed by atoms with van der Waals surface area (Å²) in [6.07, 6.45) is 1.32. The Kier molecular flexibility index (Phi) is 4.78. The van der Waals surface area contributed by atoms with E-state index in [2.05, 4.69) is 26.1 Å². The monoisotopic (exact) mass is 256 g/mol. The van der Waals surface area contributed by atoms with Crippen molar-refractivity contribution < 1.29 is 9.90 Å². The van der Waals surface area contributed by atoms with Gasteiger partial charge in [0.15, 0.2) is 0 Å². The second-order valence-corrected chi connectivity index (χ2v) is 6.81. The van der Waals surface area contributed by atoms with Gasteiger partial charge in [0.1, 0.15) is 0 Å². The largest absolute Gasteiger partial charge is 0.388 e. The van der Waals surface area contributed by atoms with Crippen LogP contribution in [0.5, 0.6) is 0 Å². The molecule has 0 saturated carbocycles. The number of piperidine rings is 1. The Balaban J connectivity index is 2.44. The van der Waals surface area contributed by atoms with Gasteiger partial charge in [-0.1, -0.05) is 13.8 Å². The van der Waals surface area contributed by atoms with Crippen molar-refractivity contribution in [3.8, 4) is 0 Å². The smallest absolute Gasteiger partial charge is 0.225 e. The number of β-amino-alcohol motifs (C(OH)–C–C–N with tert-alkyl or cyclic N) is 1. The first kappa shape index (κ1) is 15.4. The van der Waals surface area contributed by atoms with Gasteiger partial charge in [0.25, 0.3) is 0 Å². The van der Waals surface area contributed by atoms with Crippen LogP contribution in [0.4, 0.5) is 0 Å². The summed E-state index contributed by atoms with van der Waals surface area (Å²) in [6.45, 7) is 12.0. The molecule has 2 N–H and O–H groups in total. The van der Waals surface area contributed by atoms with E-state index in [-0.39, 0.29) is 17.4 Å². The molecular formula is C14H28N2O2. The molecule has 18 heavy (non-hydrogen) atoms. The molecule has 0 atom stereocenters. The first-order valence-electron chi connectivity index (χ1n) is 6.89. The number of nitrogens with zero attached hydrogens (tertiary/aromatic N) is 1. The molecule has 0 bridgehead atoms. The maximum absolute atomic E-state index is 11.9. The Labute approximate surface area is 111 Å². The highest BCUT2D eigenvalue weighted by Gasteiger charge is 2.34. The molecule has 1 aliphatic heterocycles. The molecule has 0 spiro atoms. The highest BCUT2D eigenvalue weighted by molar-refractivity contribution is 5.78. The van der Waals surface area contributed by atoms with Crippen molar-refractivity contribution in [3.05, 3.63) is 0 Å². The van der Waals surface area contributed by atoms with Crippen molar-refractivity contribution in [2.24, 2.45) is 5.92 Å². The highest BCUT2D eigenvalue weighted by atomic mass is 16.3. The van der Waals surface area contributed by atoms with Gasteiger partial charge in [0, 0.05) is 31.1 Å². The van der Waals surface area contributed by atoms with Crippen LogP contribution in [0.3, 0.4) is 0 Å². The van der Waals surface area contributed by atoms with E-state index in [4.69, 9.17) is 0 Å². The van der Waals surface area contributed by atoms with E-state index in [1.165, 1.54) is 0 Å². The highest BCUT2D eigenvalue weighted by Crippen LogP contribution is 2.23. The third-order valence-electron chi connectivity index (χ3n) is 3.45. The summed E-state index contributed by atoms with van der Waals surface area (Å²) in [5.41, 5.74) is -0.651. The molecule has 0 aromatic rings. The molecule has 0 aromatic carbocycles. The first-order chi connectivity index (χ1) is 8.13. The Bertz CT molecular complexity index is 287. The van der Waals surface area contributed by atoms with Crippen LogP contribution < -0.4 is 5.32 Å². The average Bonchev–Trinajstić information content (AvgIpc) is 2.26. The molecule has 0 aromatic heterocycles. The number of carbonyl (C=O) groups excluding carboxylic acids is 1. The second-order valence-electron chi connectivity index (χ2n) is 6.81.